The Morgan fingerprint density at radius 3 is 2.47 bits per heavy atom. The first-order valence-electron chi connectivity index (χ1n) is 6.54. The topological polar surface area (TPSA) is 29.4 Å². The molecule has 0 unspecified atom stereocenters. The molecule has 2 aliphatic carbocycles. The first kappa shape index (κ1) is 10.7. The van der Waals surface area contributed by atoms with E-state index in [-0.39, 0.29) is 5.54 Å². The number of nitrogens with zero attached hydrogens (tertiary/aromatic N) is 1. The first-order valence-corrected chi connectivity index (χ1v) is 6.54. The molecule has 0 aromatic heterocycles. The van der Waals surface area contributed by atoms with Crippen LogP contribution in [0.2, 0.25) is 0 Å². The Labute approximate surface area is 102 Å². The number of benzene rings is 1. The summed E-state index contributed by atoms with van der Waals surface area (Å²) in [5.74, 6) is 0.700. The van der Waals surface area contributed by atoms with Crippen LogP contribution in [0, 0.1) is 0 Å². The maximum absolute atomic E-state index is 10.7. The van der Waals surface area contributed by atoms with Crippen LogP contribution in [0.15, 0.2) is 29.3 Å². The number of hydrogen-bond acceptors (Lipinski definition) is 2. The maximum atomic E-state index is 10.7. The summed E-state index contributed by atoms with van der Waals surface area (Å²) < 4.78 is 0. The fraction of sp³-hybridized carbons (Fsp3) is 0.533. The molecule has 0 heterocycles. The molecule has 0 radical (unpaired) electrons. The first-order chi connectivity index (χ1) is 8.36. The Morgan fingerprint density at radius 1 is 1.18 bits per heavy atom. The quantitative estimate of drug-likeness (QED) is 0.572. The van der Waals surface area contributed by atoms with E-state index in [1.54, 1.807) is 6.08 Å². The van der Waals surface area contributed by atoms with Crippen LogP contribution in [0.25, 0.3) is 0 Å². The molecule has 17 heavy (non-hydrogen) atoms. The van der Waals surface area contributed by atoms with E-state index in [1.165, 1.54) is 36.8 Å². The predicted octanol–water partition coefficient (Wildman–Crippen LogP) is 3.67. The van der Waals surface area contributed by atoms with Gasteiger partial charge >= 0.3 is 0 Å². The zero-order chi connectivity index (χ0) is 11.7. The van der Waals surface area contributed by atoms with Crippen LogP contribution in [0.1, 0.15) is 55.6 Å². The van der Waals surface area contributed by atoms with Gasteiger partial charge < -0.3 is 0 Å². The van der Waals surface area contributed by atoms with Gasteiger partial charge in [-0.2, -0.15) is 4.99 Å². The van der Waals surface area contributed by atoms with Gasteiger partial charge in [-0.3, -0.25) is 0 Å². The molecule has 0 aliphatic heterocycles. The summed E-state index contributed by atoms with van der Waals surface area (Å²) in [4.78, 5) is 14.8. The maximum Gasteiger partial charge on any atom is 0.235 e. The van der Waals surface area contributed by atoms with Gasteiger partial charge in [0, 0.05) is 0 Å². The molecule has 0 atom stereocenters. The average molecular weight is 227 g/mol. The van der Waals surface area contributed by atoms with Gasteiger partial charge in [0.2, 0.25) is 6.08 Å². The van der Waals surface area contributed by atoms with Gasteiger partial charge in [-0.25, -0.2) is 4.79 Å². The van der Waals surface area contributed by atoms with Crippen molar-refractivity contribution in [3.8, 4) is 0 Å². The molecule has 0 N–H and O–H groups in total. The summed E-state index contributed by atoms with van der Waals surface area (Å²) in [6, 6.07) is 8.55. The summed E-state index contributed by atoms with van der Waals surface area (Å²) in [5, 5.41) is 0. The van der Waals surface area contributed by atoms with Crippen molar-refractivity contribution in [3.05, 3.63) is 35.4 Å². The van der Waals surface area contributed by atoms with Crippen LogP contribution >= 0.6 is 0 Å². The van der Waals surface area contributed by atoms with Crippen molar-refractivity contribution in [1.29, 1.82) is 0 Å². The third-order valence-electron chi connectivity index (χ3n) is 4.45. The SMILES string of the molecule is O=C=NC1(c2ccccc2C2CCC2)CCC1. The van der Waals surface area contributed by atoms with Crippen LogP contribution in [-0.4, -0.2) is 6.08 Å². The smallest absolute Gasteiger partial charge is 0.211 e. The largest absolute Gasteiger partial charge is 0.235 e. The Kier molecular flexibility index (Phi) is 2.60. The van der Waals surface area contributed by atoms with E-state index in [9.17, 15) is 4.79 Å². The number of carbonyl (C=O) groups excluding carboxylic acids is 1. The van der Waals surface area contributed by atoms with Crippen molar-refractivity contribution in [1.82, 2.24) is 0 Å². The van der Waals surface area contributed by atoms with Crippen LogP contribution < -0.4 is 0 Å². The van der Waals surface area contributed by atoms with E-state index in [1.807, 2.05) is 0 Å². The van der Waals surface area contributed by atoms with Crippen LogP contribution in [-0.2, 0) is 10.3 Å². The van der Waals surface area contributed by atoms with Crippen LogP contribution in [0.3, 0.4) is 0 Å². The molecule has 3 rings (SSSR count). The van der Waals surface area contributed by atoms with Crippen molar-refractivity contribution < 1.29 is 4.79 Å². The van der Waals surface area contributed by atoms with Gasteiger partial charge in [0.25, 0.3) is 0 Å². The highest BCUT2D eigenvalue weighted by Crippen LogP contribution is 2.49. The van der Waals surface area contributed by atoms with Gasteiger partial charge in [-0.15, -0.1) is 0 Å². The molecule has 88 valence electrons. The third kappa shape index (κ3) is 1.64. The Balaban J connectivity index is 2.03. The summed E-state index contributed by atoms with van der Waals surface area (Å²) in [7, 11) is 0. The Hall–Kier alpha value is -1.40. The Morgan fingerprint density at radius 2 is 1.94 bits per heavy atom. The molecular formula is C15H17NO. The van der Waals surface area contributed by atoms with E-state index in [0.29, 0.717) is 5.92 Å². The van der Waals surface area contributed by atoms with Crippen LogP contribution in [0.5, 0.6) is 0 Å². The zero-order valence-corrected chi connectivity index (χ0v) is 9.98. The second-order valence-electron chi connectivity index (χ2n) is 5.30. The summed E-state index contributed by atoms with van der Waals surface area (Å²) in [6.45, 7) is 0. The Bertz CT molecular complexity index is 466. The predicted molar refractivity (Wildman–Crippen MR) is 66.7 cm³/mol. The minimum atomic E-state index is -0.228. The summed E-state index contributed by atoms with van der Waals surface area (Å²) in [6.07, 6.45) is 8.88. The van der Waals surface area contributed by atoms with Crippen LogP contribution in [0.4, 0.5) is 0 Å². The van der Waals surface area contributed by atoms with Gasteiger partial charge in [0.05, 0.1) is 5.54 Å². The molecule has 2 aliphatic rings. The second kappa shape index (κ2) is 4.12. The highest BCUT2D eigenvalue weighted by Gasteiger charge is 2.41. The lowest BCUT2D eigenvalue weighted by molar-refractivity contribution is 0.250. The minimum absolute atomic E-state index is 0.228. The van der Waals surface area contributed by atoms with Crippen molar-refractivity contribution in [3.63, 3.8) is 0 Å². The fourth-order valence-electron chi connectivity index (χ4n) is 3.04. The van der Waals surface area contributed by atoms with E-state index in [4.69, 9.17) is 0 Å². The lowest BCUT2D eigenvalue weighted by atomic mass is 9.67. The van der Waals surface area contributed by atoms with Crippen molar-refractivity contribution in [2.24, 2.45) is 4.99 Å². The zero-order valence-electron chi connectivity index (χ0n) is 9.98. The van der Waals surface area contributed by atoms with E-state index in [2.05, 4.69) is 29.3 Å². The van der Waals surface area contributed by atoms with E-state index < -0.39 is 0 Å². The van der Waals surface area contributed by atoms with E-state index in [0.717, 1.165) is 12.8 Å². The minimum Gasteiger partial charge on any atom is -0.211 e. The molecule has 1 aromatic carbocycles. The molecule has 0 saturated heterocycles. The highest BCUT2D eigenvalue weighted by molar-refractivity contribution is 5.44. The summed E-state index contributed by atoms with van der Waals surface area (Å²) >= 11 is 0. The lowest BCUT2D eigenvalue weighted by Gasteiger charge is -2.40. The number of isocyanates is 1. The number of rotatable bonds is 3. The summed E-state index contributed by atoms with van der Waals surface area (Å²) in [5.41, 5.74) is 2.49. The van der Waals surface area contributed by atoms with Gasteiger partial charge in [0.15, 0.2) is 0 Å². The molecule has 2 heteroatoms. The normalized spacial score (nSPS) is 22.1. The van der Waals surface area contributed by atoms with Gasteiger partial charge in [-0.05, 0) is 49.1 Å². The van der Waals surface area contributed by atoms with Crippen molar-refractivity contribution in [2.45, 2.75) is 50.0 Å². The third-order valence-corrected chi connectivity index (χ3v) is 4.45. The van der Waals surface area contributed by atoms with Crippen molar-refractivity contribution in [2.75, 3.05) is 0 Å². The molecule has 2 saturated carbocycles. The molecule has 2 fully saturated rings. The number of hydrogen-bond donors (Lipinski definition) is 0. The van der Waals surface area contributed by atoms with Gasteiger partial charge in [0.1, 0.15) is 0 Å². The van der Waals surface area contributed by atoms with E-state index >= 15 is 0 Å². The average Bonchev–Trinajstić information content (AvgIpc) is 2.22. The highest BCUT2D eigenvalue weighted by atomic mass is 16.1. The van der Waals surface area contributed by atoms with Crippen molar-refractivity contribution >= 4 is 6.08 Å². The second-order valence-corrected chi connectivity index (χ2v) is 5.30. The molecular weight excluding hydrogens is 210 g/mol. The fourth-order valence-corrected chi connectivity index (χ4v) is 3.04. The standard InChI is InChI=1S/C15H17NO/c17-11-16-15(9-4-10-15)14-8-2-1-7-13(14)12-5-3-6-12/h1-2,7-8,12H,3-6,9-10H2. The molecule has 0 amide bonds. The molecule has 0 spiro atoms. The molecule has 0 bridgehead atoms. The molecule has 2 nitrogen and oxygen atoms in total. The lowest BCUT2D eigenvalue weighted by Crippen LogP contribution is -2.33. The monoisotopic (exact) mass is 227 g/mol. The van der Waals surface area contributed by atoms with Gasteiger partial charge in [-0.1, -0.05) is 30.7 Å². The molecule has 1 aromatic rings. The number of aliphatic imine (C=N–C) groups is 1.